The molecule has 4 heterocycles. The maximum absolute atomic E-state index is 12.6. The van der Waals surface area contributed by atoms with E-state index in [1.54, 1.807) is 6.07 Å². The molecule has 8 heteroatoms. The van der Waals surface area contributed by atoms with Crippen molar-refractivity contribution in [1.82, 2.24) is 24.9 Å². The summed E-state index contributed by atoms with van der Waals surface area (Å²) in [7, 11) is 2.00. The molecule has 1 saturated heterocycles. The molecule has 8 nitrogen and oxygen atoms in total. The molecule has 1 N–H and O–H groups in total. The van der Waals surface area contributed by atoms with Gasteiger partial charge in [-0.3, -0.25) is 9.59 Å². The number of piperidine rings is 1. The minimum atomic E-state index is -0.274. The molecule has 1 amide bonds. The highest BCUT2D eigenvalue weighted by Crippen LogP contribution is 2.26. The van der Waals surface area contributed by atoms with Crippen LogP contribution in [0.4, 0.5) is 5.82 Å². The number of carbonyl (C=O) groups is 1. The van der Waals surface area contributed by atoms with Gasteiger partial charge in [0.15, 0.2) is 0 Å². The Morgan fingerprint density at radius 1 is 1.28 bits per heavy atom. The van der Waals surface area contributed by atoms with E-state index in [9.17, 15) is 9.59 Å². The molecule has 0 radical (unpaired) electrons. The minimum Gasteiger partial charge on any atom is -0.355 e. The van der Waals surface area contributed by atoms with Gasteiger partial charge in [-0.25, -0.2) is 4.68 Å². The number of carbonyl (C=O) groups excluding carboxylic acids is 1. The standard InChI is InChI=1S/C21H28N6O2/c1-15-6-9-25(10-7-15)18-4-5-21(29)27(23-18)14-19(28)22-17-8-11-26-16(2)13-24(3)20(26)12-17/h4-5,8,11-13,15,20H,6-7,9-10,14H2,1-3H3,(H,22,28). The first kappa shape index (κ1) is 19.3. The lowest BCUT2D eigenvalue weighted by Gasteiger charge is -2.31. The summed E-state index contributed by atoms with van der Waals surface area (Å²) in [5, 5.41) is 7.33. The number of hydrogen-bond donors (Lipinski definition) is 1. The van der Waals surface area contributed by atoms with Gasteiger partial charge >= 0.3 is 0 Å². The highest BCUT2D eigenvalue weighted by atomic mass is 16.2. The Kier molecular flexibility index (Phi) is 5.17. The summed E-state index contributed by atoms with van der Waals surface area (Å²) in [6, 6.07) is 3.24. The average Bonchev–Trinajstić information content (AvgIpc) is 2.97. The maximum atomic E-state index is 12.6. The van der Waals surface area contributed by atoms with Crippen molar-refractivity contribution in [2.75, 3.05) is 25.0 Å². The highest BCUT2D eigenvalue weighted by Gasteiger charge is 2.27. The topological polar surface area (TPSA) is 73.7 Å². The zero-order valence-corrected chi connectivity index (χ0v) is 17.2. The van der Waals surface area contributed by atoms with Gasteiger partial charge in [-0.1, -0.05) is 6.92 Å². The van der Waals surface area contributed by atoms with Crippen molar-refractivity contribution in [1.29, 1.82) is 0 Å². The lowest BCUT2D eigenvalue weighted by Crippen LogP contribution is -2.39. The fourth-order valence-corrected chi connectivity index (χ4v) is 4.00. The van der Waals surface area contributed by atoms with Crippen LogP contribution in [-0.4, -0.2) is 51.8 Å². The van der Waals surface area contributed by atoms with Gasteiger partial charge in [0.1, 0.15) is 18.5 Å². The summed E-state index contributed by atoms with van der Waals surface area (Å²) < 4.78 is 1.25. The summed E-state index contributed by atoms with van der Waals surface area (Å²) in [6.07, 6.45) is 10.2. The Hall–Kier alpha value is -3.03. The second-order valence-electron chi connectivity index (χ2n) is 8.10. The number of nitrogens with zero attached hydrogens (tertiary/aromatic N) is 5. The molecule has 154 valence electrons. The van der Waals surface area contributed by atoms with Crippen LogP contribution in [0.15, 0.2) is 52.9 Å². The van der Waals surface area contributed by atoms with Crippen molar-refractivity contribution in [3.63, 3.8) is 0 Å². The smallest absolute Gasteiger partial charge is 0.267 e. The molecule has 0 spiro atoms. The van der Waals surface area contributed by atoms with Gasteiger partial charge in [0.25, 0.3) is 5.56 Å². The SMILES string of the molecule is CC1=CN(C)C2C=C(NC(=O)Cn3nc(N4CCC(C)CC4)ccc3=O)C=CN12. The third-order valence-electron chi connectivity index (χ3n) is 5.78. The molecule has 1 aromatic rings. The fourth-order valence-electron chi connectivity index (χ4n) is 4.00. The monoisotopic (exact) mass is 396 g/mol. The van der Waals surface area contributed by atoms with Gasteiger partial charge < -0.3 is 20.0 Å². The van der Waals surface area contributed by atoms with Crippen LogP contribution in [0.3, 0.4) is 0 Å². The van der Waals surface area contributed by atoms with Gasteiger partial charge in [0.2, 0.25) is 5.91 Å². The molecule has 1 atom stereocenters. The van der Waals surface area contributed by atoms with Crippen LogP contribution >= 0.6 is 0 Å². The molecule has 1 aromatic heterocycles. The van der Waals surface area contributed by atoms with Gasteiger partial charge in [-0.15, -0.1) is 0 Å². The summed E-state index contributed by atoms with van der Waals surface area (Å²) in [4.78, 5) is 31.2. The van der Waals surface area contributed by atoms with E-state index in [2.05, 4.69) is 38.2 Å². The van der Waals surface area contributed by atoms with Crippen LogP contribution in [0.5, 0.6) is 0 Å². The second-order valence-corrected chi connectivity index (χ2v) is 8.10. The first-order chi connectivity index (χ1) is 13.9. The number of amides is 1. The number of allylic oxidation sites excluding steroid dienone is 2. The molecular weight excluding hydrogens is 368 g/mol. The summed E-state index contributed by atoms with van der Waals surface area (Å²) in [6.45, 7) is 6.05. The van der Waals surface area contributed by atoms with E-state index >= 15 is 0 Å². The summed E-state index contributed by atoms with van der Waals surface area (Å²) in [5.74, 6) is 1.21. The van der Waals surface area contributed by atoms with Crippen molar-refractivity contribution in [3.05, 3.63) is 58.4 Å². The predicted octanol–water partition coefficient (Wildman–Crippen LogP) is 1.44. The van der Waals surface area contributed by atoms with Crippen molar-refractivity contribution < 1.29 is 4.79 Å². The highest BCUT2D eigenvalue weighted by molar-refractivity contribution is 5.78. The third-order valence-corrected chi connectivity index (χ3v) is 5.78. The molecule has 0 bridgehead atoms. The molecule has 1 fully saturated rings. The lowest BCUT2D eigenvalue weighted by atomic mass is 9.99. The quantitative estimate of drug-likeness (QED) is 0.830. The Labute approximate surface area is 170 Å². The van der Waals surface area contributed by atoms with Crippen LogP contribution in [0.25, 0.3) is 0 Å². The number of fused-ring (bicyclic) bond motifs is 1. The van der Waals surface area contributed by atoms with Crippen molar-refractivity contribution >= 4 is 11.7 Å². The number of nitrogens with one attached hydrogen (secondary N) is 1. The summed E-state index contributed by atoms with van der Waals surface area (Å²) >= 11 is 0. The van der Waals surface area contributed by atoms with Crippen LogP contribution in [0.1, 0.15) is 26.7 Å². The van der Waals surface area contributed by atoms with Gasteiger partial charge in [-0.05, 0) is 43.9 Å². The third kappa shape index (κ3) is 4.06. The number of rotatable bonds is 4. The summed E-state index contributed by atoms with van der Waals surface area (Å²) in [5.41, 5.74) is 1.60. The zero-order valence-electron chi connectivity index (χ0n) is 17.2. The molecule has 1 unspecified atom stereocenters. The van der Waals surface area contributed by atoms with Crippen LogP contribution in [0, 0.1) is 5.92 Å². The normalized spacial score (nSPS) is 21.8. The van der Waals surface area contributed by atoms with E-state index in [0.29, 0.717) is 5.92 Å². The number of anilines is 1. The van der Waals surface area contributed by atoms with Crippen molar-refractivity contribution in [2.45, 2.75) is 39.4 Å². The number of likely N-dealkylation sites (N-methyl/N-ethyl adjacent to an activating group) is 1. The van der Waals surface area contributed by atoms with Gasteiger partial charge in [0, 0.05) is 50.0 Å². The molecular formula is C21H28N6O2. The average molecular weight is 396 g/mol. The van der Waals surface area contributed by atoms with Crippen molar-refractivity contribution in [3.8, 4) is 0 Å². The van der Waals surface area contributed by atoms with Gasteiger partial charge in [0.05, 0.1) is 0 Å². The van der Waals surface area contributed by atoms with Gasteiger partial charge in [-0.2, -0.15) is 5.10 Å². The van der Waals surface area contributed by atoms with Crippen molar-refractivity contribution in [2.24, 2.45) is 5.92 Å². The van der Waals surface area contributed by atoms with E-state index in [1.807, 2.05) is 32.3 Å². The molecule has 3 aliphatic heterocycles. The van der Waals surface area contributed by atoms with E-state index in [1.165, 1.54) is 10.7 Å². The first-order valence-corrected chi connectivity index (χ1v) is 10.1. The Morgan fingerprint density at radius 3 is 2.79 bits per heavy atom. The first-order valence-electron chi connectivity index (χ1n) is 10.1. The van der Waals surface area contributed by atoms with Crippen LogP contribution in [-0.2, 0) is 11.3 Å². The largest absolute Gasteiger partial charge is 0.355 e. The van der Waals surface area contributed by atoms with Crippen LogP contribution in [0.2, 0.25) is 0 Å². The molecule has 0 saturated carbocycles. The van der Waals surface area contributed by atoms with E-state index in [0.717, 1.165) is 43.1 Å². The van der Waals surface area contributed by atoms with Crippen LogP contribution < -0.4 is 15.8 Å². The number of aromatic nitrogens is 2. The molecule has 0 aliphatic carbocycles. The van der Waals surface area contributed by atoms with E-state index in [-0.39, 0.29) is 24.2 Å². The fraction of sp³-hybridized carbons (Fsp3) is 0.476. The second kappa shape index (κ2) is 7.77. The zero-order chi connectivity index (χ0) is 20.5. The Balaban J connectivity index is 1.42. The minimum absolute atomic E-state index is 0.0565. The Bertz CT molecular complexity index is 939. The molecule has 29 heavy (non-hydrogen) atoms. The molecule has 0 aromatic carbocycles. The Morgan fingerprint density at radius 2 is 2.03 bits per heavy atom. The van der Waals surface area contributed by atoms with E-state index in [4.69, 9.17) is 0 Å². The number of hydrogen-bond acceptors (Lipinski definition) is 6. The predicted molar refractivity (Wildman–Crippen MR) is 112 cm³/mol. The molecule has 4 rings (SSSR count). The maximum Gasteiger partial charge on any atom is 0.267 e. The molecule has 3 aliphatic rings. The lowest BCUT2D eigenvalue weighted by molar-refractivity contribution is -0.121. The van der Waals surface area contributed by atoms with E-state index < -0.39 is 0 Å².